The molecule has 2 rings (SSSR count). The van der Waals surface area contributed by atoms with Gasteiger partial charge in [-0.1, -0.05) is 0 Å². The molecule has 0 spiro atoms. The highest BCUT2D eigenvalue weighted by Gasteiger charge is 2.05. The lowest BCUT2D eigenvalue weighted by molar-refractivity contribution is 0.837. The van der Waals surface area contributed by atoms with Crippen molar-refractivity contribution in [2.75, 3.05) is 17.7 Å². The predicted octanol–water partition coefficient (Wildman–Crippen LogP) is 2.40. The third-order valence-corrected chi connectivity index (χ3v) is 2.76. The van der Waals surface area contributed by atoms with Gasteiger partial charge >= 0.3 is 0 Å². The molecule has 0 saturated carbocycles. The number of aromatic nitrogens is 3. The van der Waals surface area contributed by atoms with E-state index in [1.165, 1.54) is 0 Å². The molecule has 0 radical (unpaired) electrons. The predicted molar refractivity (Wildman–Crippen MR) is 67.0 cm³/mol. The van der Waals surface area contributed by atoms with Crippen LogP contribution in [-0.4, -0.2) is 27.0 Å². The zero-order valence-corrected chi connectivity index (χ0v) is 10.0. The maximum absolute atomic E-state index is 5.62. The van der Waals surface area contributed by atoms with E-state index in [1.54, 1.807) is 12.5 Å². The number of nitrogens with zero attached hydrogens (tertiary/aromatic N) is 3. The molecule has 0 bridgehead atoms. The molecule has 0 aliphatic rings. The molecule has 4 nitrogen and oxygen atoms in total. The van der Waals surface area contributed by atoms with Gasteiger partial charge in [-0.25, -0.2) is 9.97 Å². The largest absolute Gasteiger partial charge is 0.368 e. The van der Waals surface area contributed by atoms with Crippen LogP contribution in [0, 0.1) is 0 Å². The zero-order chi connectivity index (χ0) is 11.4. The molecule has 0 amide bonds. The average molecular weight is 239 g/mol. The van der Waals surface area contributed by atoms with E-state index in [2.05, 4.69) is 15.3 Å². The minimum Gasteiger partial charge on any atom is -0.368 e. The lowest BCUT2D eigenvalue weighted by Gasteiger charge is -2.05. The first-order valence-corrected chi connectivity index (χ1v) is 5.92. The van der Waals surface area contributed by atoms with Crippen molar-refractivity contribution in [3.05, 3.63) is 18.6 Å². The Hall–Kier alpha value is -1.29. The highest BCUT2D eigenvalue weighted by molar-refractivity contribution is 6.17. The summed E-state index contributed by atoms with van der Waals surface area (Å²) in [6, 6.07) is 1.96. The van der Waals surface area contributed by atoms with E-state index in [-0.39, 0.29) is 0 Å². The molecule has 5 heteroatoms. The summed E-state index contributed by atoms with van der Waals surface area (Å²) in [6.07, 6.45) is 5.67. The Morgan fingerprint density at radius 3 is 3.06 bits per heavy atom. The van der Waals surface area contributed by atoms with Crippen molar-refractivity contribution >= 4 is 28.5 Å². The normalized spacial score (nSPS) is 10.9. The molecule has 0 aromatic carbocycles. The number of anilines is 1. The summed E-state index contributed by atoms with van der Waals surface area (Å²) in [4.78, 5) is 8.63. The molecule has 0 aliphatic heterocycles. The Bertz CT molecular complexity index is 466. The highest BCUT2D eigenvalue weighted by atomic mass is 35.5. The Morgan fingerprint density at radius 2 is 2.25 bits per heavy atom. The van der Waals surface area contributed by atoms with Crippen LogP contribution in [0.1, 0.15) is 12.8 Å². The van der Waals surface area contributed by atoms with Gasteiger partial charge in [0, 0.05) is 25.7 Å². The number of imidazole rings is 1. The Labute approximate surface area is 99.6 Å². The number of unbranched alkanes of at least 4 members (excludes halogenated alkanes) is 1. The zero-order valence-electron chi connectivity index (χ0n) is 9.28. The average Bonchev–Trinajstić information content (AvgIpc) is 2.68. The van der Waals surface area contributed by atoms with Gasteiger partial charge in [0.05, 0.1) is 11.8 Å². The second kappa shape index (κ2) is 5.16. The van der Waals surface area contributed by atoms with Crippen molar-refractivity contribution < 1.29 is 0 Å². The summed E-state index contributed by atoms with van der Waals surface area (Å²) in [5, 5.41) is 3.29. The molecule has 2 aromatic heterocycles. The summed E-state index contributed by atoms with van der Waals surface area (Å²) in [6.45, 7) is 0.884. The maximum Gasteiger partial charge on any atom is 0.154 e. The molecule has 0 aliphatic carbocycles. The van der Waals surface area contributed by atoms with Gasteiger partial charge in [0.1, 0.15) is 5.52 Å². The number of nitrogens with one attached hydrogen (secondary N) is 1. The first kappa shape index (κ1) is 11.2. The number of hydrogen-bond donors (Lipinski definition) is 1. The lowest BCUT2D eigenvalue weighted by atomic mass is 10.3. The second-order valence-electron chi connectivity index (χ2n) is 3.71. The molecule has 2 heterocycles. The first-order chi connectivity index (χ1) is 7.83. The first-order valence-electron chi connectivity index (χ1n) is 5.39. The molecular weight excluding hydrogens is 224 g/mol. The number of fused-ring (bicyclic) bond motifs is 1. The Morgan fingerprint density at radius 1 is 1.38 bits per heavy atom. The molecule has 16 heavy (non-hydrogen) atoms. The summed E-state index contributed by atoms with van der Waals surface area (Å²) in [7, 11) is 1.98. The van der Waals surface area contributed by atoms with E-state index < -0.39 is 0 Å². The fraction of sp³-hybridized carbons (Fsp3) is 0.455. The Balaban J connectivity index is 2.11. The van der Waals surface area contributed by atoms with Gasteiger partial charge in [-0.15, -0.1) is 11.6 Å². The number of aryl methyl sites for hydroxylation is 1. The number of halogens is 1. The van der Waals surface area contributed by atoms with Crippen molar-refractivity contribution in [2.45, 2.75) is 12.8 Å². The van der Waals surface area contributed by atoms with E-state index in [9.17, 15) is 0 Å². The van der Waals surface area contributed by atoms with Crippen molar-refractivity contribution in [3.63, 3.8) is 0 Å². The monoisotopic (exact) mass is 238 g/mol. The quantitative estimate of drug-likeness (QED) is 0.643. The van der Waals surface area contributed by atoms with Crippen molar-refractivity contribution in [1.29, 1.82) is 0 Å². The van der Waals surface area contributed by atoms with E-state index >= 15 is 0 Å². The Kier molecular flexibility index (Phi) is 3.62. The van der Waals surface area contributed by atoms with Crippen molar-refractivity contribution in [3.8, 4) is 0 Å². The van der Waals surface area contributed by atoms with Crippen LogP contribution in [0.5, 0.6) is 0 Å². The molecular formula is C11H15ClN4. The fourth-order valence-corrected chi connectivity index (χ4v) is 1.81. The summed E-state index contributed by atoms with van der Waals surface area (Å²) >= 11 is 5.62. The number of rotatable bonds is 5. The summed E-state index contributed by atoms with van der Waals surface area (Å²) in [5.74, 6) is 1.57. The molecule has 86 valence electrons. The van der Waals surface area contributed by atoms with Crippen LogP contribution in [0.4, 0.5) is 5.82 Å². The topological polar surface area (TPSA) is 42.7 Å². The molecule has 0 saturated heterocycles. The van der Waals surface area contributed by atoms with Gasteiger partial charge in [0.25, 0.3) is 0 Å². The van der Waals surface area contributed by atoms with Gasteiger partial charge in [-0.2, -0.15) is 0 Å². The van der Waals surface area contributed by atoms with Gasteiger partial charge in [0.2, 0.25) is 0 Å². The third-order valence-electron chi connectivity index (χ3n) is 2.50. The van der Waals surface area contributed by atoms with Crippen LogP contribution in [-0.2, 0) is 7.05 Å². The second-order valence-corrected chi connectivity index (χ2v) is 4.08. The van der Waals surface area contributed by atoms with Gasteiger partial charge in [-0.05, 0) is 18.9 Å². The third kappa shape index (κ3) is 2.27. The summed E-state index contributed by atoms with van der Waals surface area (Å²) < 4.78 is 1.99. The standard InChI is InChI=1S/C11H15ClN4/c1-16-8-15-10-9(16)4-7-14-11(10)13-6-3-2-5-12/h4,7-8H,2-3,5-6H2,1H3,(H,13,14). The van der Waals surface area contributed by atoms with Gasteiger partial charge < -0.3 is 9.88 Å². The van der Waals surface area contributed by atoms with E-state index in [1.807, 2.05) is 17.7 Å². The van der Waals surface area contributed by atoms with E-state index in [0.29, 0.717) is 5.88 Å². The van der Waals surface area contributed by atoms with E-state index in [4.69, 9.17) is 11.6 Å². The van der Waals surface area contributed by atoms with Crippen LogP contribution >= 0.6 is 11.6 Å². The van der Waals surface area contributed by atoms with Crippen LogP contribution in [0.25, 0.3) is 11.0 Å². The molecule has 0 unspecified atom stereocenters. The number of alkyl halides is 1. The van der Waals surface area contributed by atoms with Crippen LogP contribution < -0.4 is 5.32 Å². The molecule has 1 N–H and O–H groups in total. The van der Waals surface area contributed by atoms with E-state index in [0.717, 1.165) is 36.2 Å². The highest BCUT2D eigenvalue weighted by Crippen LogP contribution is 2.18. The van der Waals surface area contributed by atoms with Crippen LogP contribution in [0.2, 0.25) is 0 Å². The van der Waals surface area contributed by atoms with Crippen LogP contribution in [0.15, 0.2) is 18.6 Å². The maximum atomic E-state index is 5.62. The van der Waals surface area contributed by atoms with Gasteiger partial charge in [0.15, 0.2) is 5.82 Å². The lowest BCUT2D eigenvalue weighted by Crippen LogP contribution is -2.04. The minimum atomic E-state index is 0.711. The smallest absolute Gasteiger partial charge is 0.154 e. The summed E-state index contributed by atoms with van der Waals surface area (Å²) in [5.41, 5.74) is 2.02. The fourth-order valence-electron chi connectivity index (χ4n) is 1.62. The SMILES string of the molecule is Cn1cnc2c(NCCCCCl)nccc21. The minimum absolute atomic E-state index is 0.711. The van der Waals surface area contributed by atoms with Crippen LogP contribution in [0.3, 0.4) is 0 Å². The molecule has 2 aromatic rings. The van der Waals surface area contributed by atoms with Crippen molar-refractivity contribution in [1.82, 2.24) is 14.5 Å². The van der Waals surface area contributed by atoms with Crippen molar-refractivity contribution in [2.24, 2.45) is 7.05 Å². The molecule has 0 atom stereocenters. The number of pyridine rings is 1. The molecule has 0 fully saturated rings. The van der Waals surface area contributed by atoms with Gasteiger partial charge in [-0.3, -0.25) is 0 Å². The number of hydrogen-bond acceptors (Lipinski definition) is 3.